The minimum Gasteiger partial charge on any atom is -0.497 e. The van der Waals surface area contributed by atoms with Crippen LogP contribution in [0.2, 0.25) is 0 Å². The largest absolute Gasteiger partial charge is 0.497 e. The van der Waals surface area contributed by atoms with Gasteiger partial charge in [-0.15, -0.1) is 0 Å². The number of ether oxygens (including phenoxy) is 2. The summed E-state index contributed by atoms with van der Waals surface area (Å²) >= 11 is 0. The Morgan fingerprint density at radius 2 is 1.66 bits per heavy atom. The van der Waals surface area contributed by atoms with Gasteiger partial charge in [-0.25, -0.2) is 4.79 Å². The molecule has 0 aliphatic carbocycles. The van der Waals surface area contributed by atoms with Crippen LogP contribution < -0.4 is 20.1 Å². The molecule has 6 nitrogen and oxygen atoms in total. The molecular weight excluding hydrogens is 402 g/mol. The molecule has 0 unspecified atom stereocenters. The third-order valence-corrected chi connectivity index (χ3v) is 5.39. The Labute approximate surface area is 187 Å². The van der Waals surface area contributed by atoms with Gasteiger partial charge in [-0.1, -0.05) is 36.4 Å². The third kappa shape index (κ3) is 4.49. The number of aryl methyl sites for hydroxylation is 1. The maximum atomic E-state index is 12.5. The zero-order valence-electron chi connectivity index (χ0n) is 18.3. The van der Waals surface area contributed by atoms with Crippen molar-refractivity contribution in [2.75, 3.05) is 19.5 Å². The van der Waals surface area contributed by atoms with Gasteiger partial charge in [0.15, 0.2) is 0 Å². The third-order valence-electron chi connectivity index (χ3n) is 5.39. The van der Waals surface area contributed by atoms with Crippen molar-refractivity contribution in [1.82, 2.24) is 10.3 Å². The summed E-state index contributed by atoms with van der Waals surface area (Å²) in [6, 6.07) is 19.4. The van der Waals surface area contributed by atoms with Gasteiger partial charge >= 0.3 is 6.03 Å². The number of rotatable bonds is 6. The van der Waals surface area contributed by atoms with E-state index in [9.17, 15) is 4.79 Å². The highest BCUT2D eigenvalue weighted by Crippen LogP contribution is 2.32. The minimum absolute atomic E-state index is 0.319. The van der Waals surface area contributed by atoms with Crippen molar-refractivity contribution in [3.05, 3.63) is 84.2 Å². The van der Waals surface area contributed by atoms with E-state index in [1.165, 1.54) is 11.1 Å². The molecule has 4 rings (SSSR count). The van der Waals surface area contributed by atoms with Gasteiger partial charge in [0, 0.05) is 48.2 Å². The number of urea groups is 1. The molecule has 0 atom stereocenters. The number of hydrogen-bond donors (Lipinski definition) is 2. The predicted octanol–water partition coefficient (Wildman–Crippen LogP) is 5.55. The number of pyridine rings is 1. The summed E-state index contributed by atoms with van der Waals surface area (Å²) in [5.41, 5.74) is 5.12. The number of amides is 2. The monoisotopic (exact) mass is 427 g/mol. The maximum Gasteiger partial charge on any atom is 0.319 e. The van der Waals surface area contributed by atoms with Crippen molar-refractivity contribution in [2.24, 2.45) is 0 Å². The summed E-state index contributed by atoms with van der Waals surface area (Å²) < 4.78 is 10.5. The molecular formula is C26H25N3O3. The maximum absolute atomic E-state index is 12.5. The van der Waals surface area contributed by atoms with Crippen LogP contribution in [0.15, 0.2) is 73.1 Å². The number of hydrogen-bond acceptors (Lipinski definition) is 4. The first kappa shape index (κ1) is 21.2. The fourth-order valence-electron chi connectivity index (χ4n) is 3.74. The number of nitrogens with one attached hydrogen (secondary N) is 2. The molecule has 162 valence electrons. The highest BCUT2D eigenvalue weighted by molar-refractivity contribution is 5.99. The quantitative estimate of drug-likeness (QED) is 0.423. The fraction of sp³-hybridized carbons (Fsp3) is 0.154. The Bertz CT molecular complexity index is 1250. The van der Waals surface area contributed by atoms with E-state index in [-0.39, 0.29) is 6.03 Å². The van der Waals surface area contributed by atoms with Crippen molar-refractivity contribution in [3.8, 4) is 22.6 Å². The first-order chi connectivity index (χ1) is 15.6. The van der Waals surface area contributed by atoms with Gasteiger partial charge in [0.05, 0.1) is 14.2 Å². The average Bonchev–Trinajstić information content (AvgIpc) is 2.82. The number of methoxy groups -OCH3 is 2. The van der Waals surface area contributed by atoms with Crippen LogP contribution in [0.4, 0.5) is 10.5 Å². The van der Waals surface area contributed by atoms with Crippen LogP contribution >= 0.6 is 0 Å². The van der Waals surface area contributed by atoms with Gasteiger partial charge in [0.25, 0.3) is 0 Å². The zero-order chi connectivity index (χ0) is 22.5. The number of carbonyl (C=O) groups is 1. The minimum atomic E-state index is -0.319. The van der Waals surface area contributed by atoms with E-state index < -0.39 is 0 Å². The van der Waals surface area contributed by atoms with Crippen LogP contribution in [-0.4, -0.2) is 25.2 Å². The Hall–Kier alpha value is -4.06. The molecule has 3 aromatic carbocycles. The second-order valence-electron chi connectivity index (χ2n) is 7.42. The van der Waals surface area contributed by atoms with Gasteiger partial charge in [0.2, 0.25) is 0 Å². The van der Waals surface area contributed by atoms with Crippen molar-refractivity contribution in [2.45, 2.75) is 13.5 Å². The summed E-state index contributed by atoms with van der Waals surface area (Å²) in [6.45, 7) is 2.47. The highest BCUT2D eigenvalue weighted by atomic mass is 16.5. The predicted molar refractivity (Wildman–Crippen MR) is 127 cm³/mol. The van der Waals surface area contributed by atoms with Crippen LogP contribution in [0.25, 0.3) is 21.9 Å². The SMILES string of the molecule is COc1cc(NC(=O)NCc2ccc(-c3ccccc3C)c3ccncc23)cc(OC)c1. The first-order valence-corrected chi connectivity index (χ1v) is 10.3. The van der Waals surface area contributed by atoms with Crippen LogP contribution in [0.1, 0.15) is 11.1 Å². The Kier molecular flexibility index (Phi) is 6.22. The number of anilines is 1. The molecule has 6 heteroatoms. The van der Waals surface area contributed by atoms with Crippen molar-refractivity contribution >= 4 is 22.5 Å². The number of carbonyl (C=O) groups excluding carboxylic acids is 1. The molecule has 0 aliphatic rings. The van der Waals surface area contributed by atoms with Crippen molar-refractivity contribution in [3.63, 3.8) is 0 Å². The van der Waals surface area contributed by atoms with E-state index in [1.54, 1.807) is 38.6 Å². The second kappa shape index (κ2) is 9.39. The number of aromatic nitrogens is 1. The van der Waals surface area contributed by atoms with Gasteiger partial charge < -0.3 is 20.1 Å². The average molecular weight is 428 g/mol. The van der Waals surface area contributed by atoms with Gasteiger partial charge in [0.1, 0.15) is 11.5 Å². The lowest BCUT2D eigenvalue weighted by atomic mass is 9.94. The van der Waals surface area contributed by atoms with Crippen molar-refractivity contribution < 1.29 is 14.3 Å². The van der Waals surface area contributed by atoms with Crippen LogP contribution in [0, 0.1) is 6.92 Å². The lowest BCUT2D eigenvalue weighted by Crippen LogP contribution is -2.28. The topological polar surface area (TPSA) is 72.5 Å². The van der Waals surface area contributed by atoms with Gasteiger partial charge in [-0.3, -0.25) is 4.98 Å². The van der Waals surface area contributed by atoms with E-state index in [4.69, 9.17) is 9.47 Å². The summed E-state index contributed by atoms with van der Waals surface area (Å²) in [5.74, 6) is 1.20. The molecule has 1 heterocycles. The number of fused-ring (bicyclic) bond motifs is 1. The molecule has 0 bridgehead atoms. The summed E-state index contributed by atoms with van der Waals surface area (Å²) in [7, 11) is 3.14. The summed E-state index contributed by atoms with van der Waals surface area (Å²) in [4.78, 5) is 16.8. The molecule has 2 N–H and O–H groups in total. The second-order valence-corrected chi connectivity index (χ2v) is 7.42. The molecule has 32 heavy (non-hydrogen) atoms. The van der Waals surface area contributed by atoms with Crippen molar-refractivity contribution in [1.29, 1.82) is 0 Å². The van der Waals surface area contributed by atoms with E-state index in [2.05, 4.69) is 40.7 Å². The molecule has 0 fully saturated rings. The van der Waals surface area contributed by atoms with Crippen LogP contribution in [-0.2, 0) is 6.54 Å². The summed E-state index contributed by atoms with van der Waals surface area (Å²) in [6.07, 6.45) is 3.64. The highest BCUT2D eigenvalue weighted by Gasteiger charge is 2.11. The van der Waals surface area contributed by atoms with Gasteiger partial charge in [-0.05, 0) is 40.6 Å². The van der Waals surface area contributed by atoms with E-state index in [0.717, 1.165) is 21.9 Å². The normalized spacial score (nSPS) is 10.6. The Morgan fingerprint density at radius 1 is 0.906 bits per heavy atom. The fourth-order valence-corrected chi connectivity index (χ4v) is 3.74. The van der Waals surface area contributed by atoms with E-state index in [1.807, 2.05) is 30.5 Å². The Balaban J connectivity index is 1.55. The lowest BCUT2D eigenvalue weighted by Gasteiger charge is -2.14. The molecule has 1 aromatic heterocycles. The van der Waals surface area contributed by atoms with Crippen LogP contribution in [0.5, 0.6) is 11.5 Å². The number of nitrogens with zero attached hydrogens (tertiary/aromatic N) is 1. The molecule has 0 spiro atoms. The lowest BCUT2D eigenvalue weighted by molar-refractivity contribution is 0.252. The molecule has 0 radical (unpaired) electrons. The zero-order valence-corrected chi connectivity index (χ0v) is 18.3. The molecule has 4 aromatic rings. The number of benzene rings is 3. The van der Waals surface area contributed by atoms with E-state index >= 15 is 0 Å². The Morgan fingerprint density at radius 3 is 2.38 bits per heavy atom. The molecule has 0 saturated carbocycles. The summed E-state index contributed by atoms with van der Waals surface area (Å²) in [5, 5.41) is 7.87. The van der Waals surface area contributed by atoms with Gasteiger partial charge in [-0.2, -0.15) is 0 Å². The van der Waals surface area contributed by atoms with E-state index in [0.29, 0.717) is 23.7 Å². The molecule has 0 aliphatic heterocycles. The first-order valence-electron chi connectivity index (χ1n) is 10.3. The molecule has 0 saturated heterocycles. The van der Waals surface area contributed by atoms with Crippen LogP contribution in [0.3, 0.4) is 0 Å². The standard InChI is InChI=1S/C26H25N3O3/c1-17-6-4-5-7-22(17)23-9-8-18(25-16-27-11-10-24(23)25)15-28-26(30)29-19-12-20(31-2)14-21(13-19)32-3/h4-14,16H,15H2,1-3H3,(H2,28,29,30). The molecule has 2 amide bonds. The smallest absolute Gasteiger partial charge is 0.319 e.